The van der Waals surface area contributed by atoms with E-state index in [0.29, 0.717) is 28.6 Å². The second kappa shape index (κ2) is 8.69. The van der Waals surface area contributed by atoms with Crippen LogP contribution in [-0.2, 0) is 30.4 Å². The van der Waals surface area contributed by atoms with Gasteiger partial charge in [0.05, 0.1) is 5.56 Å². The minimum atomic E-state index is -4.40. The van der Waals surface area contributed by atoms with Crippen molar-refractivity contribution < 1.29 is 27.5 Å². The number of hydrogen-bond acceptors (Lipinski definition) is 2. The molecule has 4 aromatic rings. The summed E-state index contributed by atoms with van der Waals surface area (Å²) in [5, 5.41) is 9.89. The number of halogens is 4. The number of carboxylic acids is 1. The largest absolute Gasteiger partial charge is 0.480 e. The van der Waals surface area contributed by atoms with Crippen molar-refractivity contribution in [2.24, 2.45) is 0 Å². The SMILES string of the molecule is Cc1c(Cc2ccc(Cc3cccc(C(F)(F)F)c3)nc2)c2cc(F)ccc2n1CC(=O)O. The molecule has 0 amide bonds. The van der Waals surface area contributed by atoms with Crippen LogP contribution in [0.5, 0.6) is 0 Å². The number of aromatic nitrogens is 2. The van der Waals surface area contributed by atoms with Gasteiger partial charge in [-0.05, 0) is 53.9 Å². The Kier molecular flexibility index (Phi) is 5.93. The average molecular weight is 456 g/mol. The Morgan fingerprint density at radius 1 is 1.03 bits per heavy atom. The molecule has 4 rings (SSSR count). The third-order valence-electron chi connectivity index (χ3n) is 5.62. The molecule has 33 heavy (non-hydrogen) atoms. The molecule has 1 N–H and O–H groups in total. The summed E-state index contributed by atoms with van der Waals surface area (Å²) in [6.45, 7) is 1.56. The summed E-state index contributed by atoms with van der Waals surface area (Å²) in [5.74, 6) is -1.41. The first-order chi connectivity index (χ1) is 15.6. The minimum absolute atomic E-state index is 0.234. The molecule has 0 saturated heterocycles. The van der Waals surface area contributed by atoms with Crippen molar-refractivity contribution in [3.8, 4) is 0 Å². The van der Waals surface area contributed by atoms with E-state index in [0.717, 1.165) is 29.0 Å². The molecule has 0 atom stereocenters. The highest BCUT2D eigenvalue weighted by Gasteiger charge is 2.30. The number of aliphatic carboxylic acids is 1. The van der Waals surface area contributed by atoms with Gasteiger partial charge in [0, 0.05) is 41.3 Å². The smallest absolute Gasteiger partial charge is 0.416 e. The van der Waals surface area contributed by atoms with Gasteiger partial charge in [-0.3, -0.25) is 9.78 Å². The average Bonchev–Trinajstić information content (AvgIpc) is 2.99. The molecule has 4 nitrogen and oxygen atoms in total. The molecule has 0 aliphatic rings. The van der Waals surface area contributed by atoms with Crippen LogP contribution in [0.4, 0.5) is 17.6 Å². The van der Waals surface area contributed by atoms with Gasteiger partial charge in [0.2, 0.25) is 0 Å². The van der Waals surface area contributed by atoms with Crippen LogP contribution in [0.25, 0.3) is 10.9 Å². The Hall–Kier alpha value is -3.68. The lowest BCUT2D eigenvalue weighted by Gasteiger charge is -2.09. The standard InChI is InChI=1S/C25H20F4N2O2/c1-15-21(22-12-19(26)6-8-23(22)31(15)14-24(32)33)11-17-5-7-20(30-13-17)10-16-3-2-4-18(9-16)25(27,28)29/h2-9,12-13H,10-11,14H2,1H3,(H,32,33). The lowest BCUT2D eigenvalue weighted by Crippen LogP contribution is -2.10. The molecule has 0 bridgehead atoms. The molecule has 8 heteroatoms. The molecular weight excluding hydrogens is 436 g/mol. The van der Waals surface area contributed by atoms with Gasteiger partial charge in [0.15, 0.2) is 0 Å². The molecule has 0 saturated carbocycles. The first kappa shape index (κ1) is 22.5. The Balaban J connectivity index is 1.59. The second-order valence-corrected chi connectivity index (χ2v) is 7.91. The maximum absolute atomic E-state index is 13.9. The van der Waals surface area contributed by atoms with Gasteiger partial charge in [-0.15, -0.1) is 0 Å². The highest BCUT2D eigenvalue weighted by molar-refractivity contribution is 5.87. The van der Waals surface area contributed by atoms with Crippen molar-refractivity contribution in [3.63, 3.8) is 0 Å². The molecule has 2 aromatic heterocycles. The highest BCUT2D eigenvalue weighted by atomic mass is 19.4. The van der Waals surface area contributed by atoms with Crippen molar-refractivity contribution in [2.45, 2.75) is 32.5 Å². The number of nitrogens with zero attached hydrogens (tertiary/aromatic N) is 2. The van der Waals surface area contributed by atoms with E-state index in [1.54, 1.807) is 35.9 Å². The molecular formula is C25H20F4N2O2. The summed E-state index contributed by atoms with van der Waals surface area (Å²) < 4.78 is 54.4. The molecule has 0 fully saturated rings. The Bertz CT molecular complexity index is 1320. The quantitative estimate of drug-likeness (QED) is 0.375. The second-order valence-electron chi connectivity index (χ2n) is 7.91. The number of pyridine rings is 1. The molecule has 0 radical (unpaired) electrons. The number of carbonyl (C=O) groups is 1. The van der Waals surface area contributed by atoms with Gasteiger partial charge >= 0.3 is 12.1 Å². The number of rotatable bonds is 6. The fourth-order valence-electron chi connectivity index (χ4n) is 4.02. The first-order valence-electron chi connectivity index (χ1n) is 10.2. The molecule has 2 aromatic carbocycles. The monoisotopic (exact) mass is 456 g/mol. The van der Waals surface area contributed by atoms with Crippen molar-refractivity contribution in [2.75, 3.05) is 0 Å². The third kappa shape index (κ3) is 4.89. The molecule has 170 valence electrons. The van der Waals surface area contributed by atoms with E-state index in [2.05, 4.69) is 4.98 Å². The summed E-state index contributed by atoms with van der Waals surface area (Å²) in [4.78, 5) is 15.7. The molecule has 0 aliphatic carbocycles. The first-order valence-corrected chi connectivity index (χ1v) is 10.2. The Labute approximate surface area is 187 Å². The van der Waals surface area contributed by atoms with Gasteiger partial charge in [0.1, 0.15) is 12.4 Å². The Morgan fingerprint density at radius 3 is 2.48 bits per heavy atom. The third-order valence-corrected chi connectivity index (χ3v) is 5.62. The maximum atomic E-state index is 13.9. The molecule has 0 unspecified atom stereocenters. The van der Waals surface area contributed by atoms with Crippen LogP contribution in [0, 0.1) is 12.7 Å². The highest BCUT2D eigenvalue weighted by Crippen LogP contribution is 2.31. The zero-order valence-electron chi connectivity index (χ0n) is 17.7. The van der Waals surface area contributed by atoms with E-state index >= 15 is 0 Å². The van der Waals surface area contributed by atoms with Gasteiger partial charge in [-0.1, -0.05) is 24.3 Å². The zero-order chi connectivity index (χ0) is 23.8. The lowest BCUT2D eigenvalue weighted by molar-refractivity contribution is -0.138. The van der Waals surface area contributed by atoms with Gasteiger partial charge in [0.25, 0.3) is 0 Å². The van der Waals surface area contributed by atoms with E-state index in [9.17, 15) is 27.5 Å². The van der Waals surface area contributed by atoms with E-state index in [1.807, 2.05) is 6.07 Å². The van der Waals surface area contributed by atoms with Gasteiger partial charge in [-0.25, -0.2) is 4.39 Å². The van der Waals surface area contributed by atoms with Crippen LogP contribution in [0.15, 0.2) is 60.8 Å². The van der Waals surface area contributed by atoms with Crippen LogP contribution in [0.1, 0.15) is 33.6 Å². The summed E-state index contributed by atoms with van der Waals surface area (Å²) in [6.07, 6.45) is -2.09. The van der Waals surface area contributed by atoms with Gasteiger partial charge < -0.3 is 9.67 Å². The molecule has 0 aliphatic heterocycles. The summed E-state index contributed by atoms with van der Waals surface area (Å²) in [7, 11) is 0. The number of hydrogen-bond donors (Lipinski definition) is 1. The summed E-state index contributed by atoms with van der Waals surface area (Å²) in [6, 6.07) is 13.0. The van der Waals surface area contributed by atoms with E-state index in [-0.39, 0.29) is 13.0 Å². The normalized spacial score (nSPS) is 11.8. The lowest BCUT2D eigenvalue weighted by atomic mass is 10.0. The number of carboxylic acid groups (broad SMARTS) is 1. The summed E-state index contributed by atoms with van der Waals surface area (Å²) >= 11 is 0. The number of fused-ring (bicyclic) bond motifs is 1. The number of benzene rings is 2. The fraction of sp³-hybridized carbons (Fsp3) is 0.200. The predicted octanol–water partition coefficient (Wildman–Crippen LogP) is 5.77. The van der Waals surface area contributed by atoms with Crippen molar-refractivity contribution in [3.05, 3.63) is 100 Å². The van der Waals surface area contributed by atoms with E-state index in [4.69, 9.17) is 0 Å². The van der Waals surface area contributed by atoms with E-state index < -0.39 is 23.5 Å². The van der Waals surface area contributed by atoms with Crippen LogP contribution in [0.2, 0.25) is 0 Å². The van der Waals surface area contributed by atoms with Crippen molar-refractivity contribution in [1.82, 2.24) is 9.55 Å². The number of alkyl halides is 3. The van der Waals surface area contributed by atoms with Crippen molar-refractivity contribution >= 4 is 16.9 Å². The molecule has 0 spiro atoms. The maximum Gasteiger partial charge on any atom is 0.416 e. The van der Waals surface area contributed by atoms with Gasteiger partial charge in [-0.2, -0.15) is 13.2 Å². The van der Waals surface area contributed by atoms with Crippen LogP contribution in [-0.4, -0.2) is 20.6 Å². The Morgan fingerprint density at radius 2 is 1.82 bits per heavy atom. The summed E-state index contributed by atoms with van der Waals surface area (Å²) in [5.41, 5.74) is 3.42. The molecule has 2 heterocycles. The van der Waals surface area contributed by atoms with Crippen LogP contribution < -0.4 is 0 Å². The van der Waals surface area contributed by atoms with Crippen LogP contribution in [0.3, 0.4) is 0 Å². The minimum Gasteiger partial charge on any atom is -0.480 e. The van der Waals surface area contributed by atoms with E-state index in [1.165, 1.54) is 18.2 Å². The zero-order valence-corrected chi connectivity index (χ0v) is 17.7. The van der Waals surface area contributed by atoms with Crippen molar-refractivity contribution in [1.29, 1.82) is 0 Å². The topological polar surface area (TPSA) is 55.1 Å². The fourth-order valence-corrected chi connectivity index (χ4v) is 4.02. The van der Waals surface area contributed by atoms with Crippen LogP contribution >= 0.6 is 0 Å². The predicted molar refractivity (Wildman–Crippen MR) is 116 cm³/mol.